The Labute approximate surface area is 92.3 Å². The van der Waals surface area contributed by atoms with E-state index in [4.69, 9.17) is 0 Å². The zero-order valence-corrected chi connectivity index (χ0v) is 9.43. The van der Waals surface area contributed by atoms with Gasteiger partial charge in [-0.1, -0.05) is 11.3 Å². The third-order valence-electron chi connectivity index (χ3n) is 1.72. The number of benzene rings is 1. The van der Waals surface area contributed by atoms with Crippen molar-refractivity contribution in [3.8, 4) is 5.06 Å². The first kappa shape index (κ1) is 8.96. The molecule has 0 saturated heterocycles. The molecule has 0 radical (unpaired) electrons. The van der Waals surface area contributed by atoms with Crippen molar-refractivity contribution in [2.75, 3.05) is 0 Å². The average molecular weight is 304 g/mol. The molecule has 2 aromatic rings. The Hall–Kier alpha value is -0.620. The highest BCUT2D eigenvalue weighted by Gasteiger charge is 2.06. The maximum atomic E-state index is 10.7. The van der Waals surface area contributed by atoms with Crippen LogP contribution in [0.5, 0.6) is 5.06 Å². The fourth-order valence-electron chi connectivity index (χ4n) is 1.22. The molecule has 0 unspecified atom stereocenters. The topological polar surface area (TPSA) is 37.3 Å². The second-order valence-corrected chi connectivity index (χ2v) is 4.89. The van der Waals surface area contributed by atoms with E-state index < -0.39 is 0 Å². The van der Waals surface area contributed by atoms with Crippen molar-refractivity contribution in [2.45, 2.75) is 0 Å². The summed E-state index contributed by atoms with van der Waals surface area (Å²) < 4.78 is 1.86. The Bertz CT molecular complexity index is 476. The minimum absolute atomic E-state index is 0.250. The number of carbonyl (C=O) groups is 1. The van der Waals surface area contributed by atoms with Crippen molar-refractivity contribution in [3.63, 3.8) is 0 Å². The van der Waals surface area contributed by atoms with Crippen LogP contribution in [-0.2, 0) is 0 Å². The van der Waals surface area contributed by atoms with Crippen molar-refractivity contribution in [1.29, 1.82) is 0 Å². The number of carbonyl (C=O) groups excluding carboxylic acids is 1. The van der Waals surface area contributed by atoms with Gasteiger partial charge in [-0.25, -0.2) is 0 Å². The van der Waals surface area contributed by atoms with Crippen LogP contribution in [0.1, 0.15) is 10.4 Å². The number of hydrogen-bond donors (Lipinski definition) is 1. The van der Waals surface area contributed by atoms with Crippen LogP contribution in [0.2, 0.25) is 0 Å². The van der Waals surface area contributed by atoms with Gasteiger partial charge >= 0.3 is 0 Å². The van der Waals surface area contributed by atoms with Gasteiger partial charge in [0.2, 0.25) is 0 Å². The summed E-state index contributed by atoms with van der Waals surface area (Å²) in [5.41, 5.74) is 0.646. The first-order valence-electron chi connectivity index (χ1n) is 3.58. The lowest BCUT2D eigenvalue weighted by Crippen LogP contribution is -1.80. The molecule has 4 heteroatoms. The molecule has 0 aliphatic carbocycles. The Morgan fingerprint density at radius 2 is 2.15 bits per heavy atom. The van der Waals surface area contributed by atoms with Crippen LogP contribution in [0.15, 0.2) is 18.2 Å². The summed E-state index contributed by atoms with van der Waals surface area (Å²) in [6, 6.07) is 5.43. The predicted octanol–water partition coefficient (Wildman–Crippen LogP) is 3.02. The molecule has 13 heavy (non-hydrogen) atoms. The number of aromatic hydroxyl groups is 1. The van der Waals surface area contributed by atoms with Gasteiger partial charge in [0.25, 0.3) is 0 Å². The second kappa shape index (κ2) is 3.26. The maximum absolute atomic E-state index is 10.7. The highest BCUT2D eigenvalue weighted by atomic mass is 127. The summed E-state index contributed by atoms with van der Waals surface area (Å²) in [7, 11) is 0. The van der Waals surface area contributed by atoms with Crippen LogP contribution in [0, 0.1) is 3.57 Å². The Balaban J connectivity index is 2.88. The van der Waals surface area contributed by atoms with Crippen molar-refractivity contribution < 1.29 is 9.90 Å². The Morgan fingerprint density at radius 3 is 2.85 bits per heavy atom. The van der Waals surface area contributed by atoms with Crippen LogP contribution >= 0.6 is 33.9 Å². The van der Waals surface area contributed by atoms with E-state index in [1.54, 1.807) is 6.07 Å². The van der Waals surface area contributed by atoms with Crippen molar-refractivity contribution in [3.05, 3.63) is 27.3 Å². The fraction of sp³-hybridized carbons (Fsp3) is 0. The summed E-state index contributed by atoms with van der Waals surface area (Å²) in [5, 5.41) is 10.4. The molecule has 1 aromatic heterocycles. The molecule has 0 spiro atoms. The number of thiophene rings is 1. The first-order chi connectivity index (χ1) is 6.20. The van der Waals surface area contributed by atoms with Crippen LogP contribution in [0.3, 0.4) is 0 Å². The molecule has 2 nitrogen and oxygen atoms in total. The second-order valence-electron chi connectivity index (χ2n) is 2.62. The molecule has 0 fully saturated rings. The molecule has 66 valence electrons. The van der Waals surface area contributed by atoms with Gasteiger partial charge in [0, 0.05) is 13.8 Å². The van der Waals surface area contributed by atoms with Crippen molar-refractivity contribution in [1.82, 2.24) is 0 Å². The summed E-state index contributed by atoms with van der Waals surface area (Å²) in [4.78, 5) is 10.7. The van der Waals surface area contributed by atoms with E-state index in [9.17, 15) is 9.90 Å². The standard InChI is InChI=1S/C9H5IO2S/c10-7-1-5-3-8(12)13-9(5)6(2-7)4-11/h1-4,12H. The van der Waals surface area contributed by atoms with Gasteiger partial charge in [0.05, 0.1) is 0 Å². The molecule has 1 heterocycles. The van der Waals surface area contributed by atoms with Gasteiger partial charge in [0.1, 0.15) is 0 Å². The summed E-state index contributed by atoms with van der Waals surface area (Å²) in [6.07, 6.45) is 0.820. The first-order valence-corrected chi connectivity index (χ1v) is 5.47. The lowest BCUT2D eigenvalue weighted by atomic mass is 10.2. The monoisotopic (exact) mass is 304 g/mol. The molecule has 0 bridgehead atoms. The maximum Gasteiger partial charge on any atom is 0.172 e. The molecule has 1 N–H and O–H groups in total. The summed E-state index contributed by atoms with van der Waals surface area (Å²) >= 11 is 3.38. The van der Waals surface area contributed by atoms with Gasteiger partial charge in [-0.15, -0.1) is 0 Å². The van der Waals surface area contributed by atoms with Crippen molar-refractivity contribution >= 4 is 50.3 Å². The highest BCUT2D eigenvalue weighted by Crippen LogP contribution is 2.33. The van der Waals surface area contributed by atoms with Gasteiger partial charge in [-0.05, 0) is 46.2 Å². The van der Waals surface area contributed by atoms with E-state index in [1.807, 2.05) is 12.1 Å². The van der Waals surface area contributed by atoms with Gasteiger partial charge < -0.3 is 5.11 Å². The number of hydrogen-bond acceptors (Lipinski definition) is 3. The molecule has 0 aliphatic heterocycles. The highest BCUT2D eigenvalue weighted by molar-refractivity contribution is 14.1. The fourth-order valence-corrected chi connectivity index (χ4v) is 2.74. The number of rotatable bonds is 1. The number of fused-ring (bicyclic) bond motifs is 1. The minimum atomic E-state index is 0.250. The summed E-state index contributed by atoms with van der Waals surface area (Å²) in [6.45, 7) is 0. The largest absolute Gasteiger partial charge is 0.499 e. The smallest absolute Gasteiger partial charge is 0.172 e. The van der Waals surface area contributed by atoms with Gasteiger partial charge in [-0.3, -0.25) is 4.79 Å². The molecular weight excluding hydrogens is 299 g/mol. The minimum Gasteiger partial charge on any atom is -0.499 e. The molecular formula is C9H5IO2S. The third kappa shape index (κ3) is 1.55. The molecule has 0 atom stereocenters. The van der Waals surface area contributed by atoms with E-state index in [-0.39, 0.29) is 5.06 Å². The van der Waals surface area contributed by atoms with Crippen LogP contribution in [-0.4, -0.2) is 11.4 Å². The van der Waals surface area contributed by atoms with E-state index in [0.717, 1.165) is 19.9 Å². The van der Waals surface area contributed by atoms with Gasteiger partial charge in [-0.2, -0.15) is 0 Å². The van der Waals surface area contributed by atoms with E-state index in [2.05, 4.69) is 22.6 Å². The molecule has 2 rings (SSSR count). The van der Waals surface area contributed by atoms with Crippen LogP contribution < -0.4 is 0 Å². The van der Waals surface area contributed by atoms with E-state index in [1.165, 1.54) is 11.3 Å². The van der Waals surface area contributed by atoms with Crippen LogP contribution in [0.25, 0.3) is 10.1 Å². The zero-order valence-electron chi connectivity index (χ0n) is 6.45. The van der Waals surface area contributed by atoms with E-state index in [0.29, 0.717) is 5.56 Å². The lowest BCUT2D eigenvalue weighted by Gasteiger charge is -1.94. The zero-order chi connectivity index (χ0) is 9.42. The third-order valence-corrected chi connectivity index (χ3v) is 3.35. The molecule has 0 saturated carbocycles. The summed E-state index contributed by atoms with van der Waals surface area (Å²) in [5.74, 6) is 0. The van der Waals surface area contributed by atoms with E-state index >= 15 is 0 Å². The van der Waals surface area contributed by atoms with Gasteiger partial charge in [0.15, 0.2) is 11.3 Å². The average Bonchev–Trinajstić information content (AvgIpc) is 2.43. The molecule has 0 aliphatic rings. The molecule has 0 amide bonds. The number of halogens is 1. The quantitative estimate of drug-likeness (QED) is 0.649. The number of aldehydes is 1. The lowest BCUT2D eigenvalue weighted by molar-refractivity contribution is 0.112. The Kier molecular flexibility index (Phi) is 2.25. The van der Waals surface area contributed by atoms with Crippen molar-refractivity contribution in [2.24, 2.45) is 0 Å². The Morgan fingerprint density at radius 1 is 1.38 bits per heavy atom. The van der Waals surface area contributed by atoms with Crippen LogP contribution in [0.4, 0.5) is 0 Å². The SMILES string of the molecule is O=Cc1cc(I)cc2cc(O)sc12. The predicted molar refractivity (Wildman–Crippen MR) is 61.6 cm³/mol. The molecule has 1 aromatic carbocycles. The normalized spacial score (nSPS) is 10.5.